The van der Waals surface area contributed by atoms with Crippen LogP contribution >= 0.6 is 39.1 Å². The number of nitrogen functional groups attached to an aromatic ring is 1. The topological polar surface area (TPSA) is 64.9 Å². The molecule has 0 atom stereocenters. The molecule has 4 nitrogen and oxygen atoms in total. The highest BCUT2D eigenvalue weighted by Gasteiger charge is 2.18. The fourth-order valence-corrected chi connectivity index (χ4v) is 2.66. The maximum atomic E-state index is 6.14. The van der Waals surface area contributed by atoms with E-state index in [1.807, 2.05) is 24.3 Å². The number of aromatic nitrogens is 2. The smallest absolute Gasteiger partial charge is 0.261 e. The van der Waals surface area contributed by atoms with Crippen LogP contribution in [0.3, 0.4) is 0 Å². The summed E-state index contributed by atoms with van der Waals surface area (Å²) in [5, 5.41) is 4.74. The Labute approximate surface area is 139 Å². The van der Waals surface area contributed by atoms with Gasteiger partial charge in [-0.2, -0.15) is 4.98 Å². The molecule has 1 heterocycles. The van der Waals surface area contributed by atoms with Crippen molar-refractivity contribution in [1.82, 2.24) is 10.1 Å². The summed E-state index contributed by atoms with van der Waals surface area (Å²) in [5.74, 6) is 0.678. The van der Waals surface area contributed by atoms with Crippen LogP contribution in [-0.4, -0.2) is 10.1 Å². The number of benzene rings is 2. The molecule has 0 aliphatic rings. The molecule has 3 aromatic rings. The molecule has 3 rings (SSSR count). The molecule has 21 heavy (non-hydrogen) atoms. The van der Waals surface area contributed by atoms with Gasteiger partial charge in [-0.15, -0.1) is 0 Å². The van der Waals surface area contributed by atoms with Gasteiger partial charge in [0, 0.05) is 10.0 Å². The molecule has 0 aliphatic heterocycles. The number of nitrogens with two attached hydrogens (primary N) is 1. The van der Waals surface area contributed by atoms with Crippen LogP contribution in [0.15, 0.2) is 45.4 Å². The molecule has 0 radical (unpaired) electrons. The lowest BCUT2D eigenvalue weighted by Gasteiger charge is -2.04. The van der Waals surface area contributed by atoms with Gasteiger partial charge in [0.2, 0.25) is 5.82 Å². The van der Waals surface area contributed by atoms with Crippen LogP contribution < -0.4 is 5.73 Å². The molecular formula is C14H8BrCl2N3O. The van der Waals surface area contributed by atoms with Crippen molar-refractivity contribution in [2.45, 2.75) is 0 Å². The SMILES string of the molecule is Nc1c(Cl)ccc(Cl)c1-c1nc(-c2cccc(Br)c2)no1. The predicted octanol–water partition coefficient (Wildman–Crippen LogP) is 5.06. The molecule has 0 aliphatic carbocycles. The van der Waals surface area contributed by atoms with E-state index in [1.54, 1.807) is 12.1 Å². The summed E-state index contributed by atoms with van der Waals surface area (Å²) in [6, 6.07) is 10.8. The third-order valence-corrected chi connectivity index (χ3v) is 4.00. The van der Waals surface area contributed by atoms with Gasteiger partial charge in [-0.3, -0.25) is 0 Å². The zero-order chi connectivity index (χ0) is 15.0. The van der Waals surface area contributed by atoms with Crippen molar-refractivity contribution in [1.29, 1.82) is 0 Å². The second kappa shape index (κ2) is 5.67. The van der Waals surface area contributed by atoms with E-state index in [0.29, 0.717) is 27.1 Å². The van der Waals surface area contributed by atoms with Gasteiger partial charge in [-0.1, -0.05) is 56.4 Å². The Hall–Kier alpha value is -1.56. The first-order valence-electron chi connectivity index (χ1n) is 5.90. The molecule has 0 amide bonds. The van der Waals surface area contributed by atoms with E-state index >= 15 is 0 Å². The van der Waals surface area contributed by atoms with E-state index in [0.717, 1.165) is 10.0 Å². The minimum Gasteiger partial charge on any atom is -0.397 e. The van der Waals surface area contributed by atoms with Gasteiger partial charge < -0.3 is 10.3 Å². The average Bonchev–Trinajstić information content (AvgIpc) is 2.93. The first kappa shape index (κ1) is 14.4. The Bertz CT molecular complexity index is 820. The van der Waals surface area contributed by atoms with Crippen LogP contribution in [0.5, 0.6) is 0 Å². The lowest BCUT2D eigenvalue weighted by Crippen LogP contribution is -1.92. The third-order valence-electron chi connectivity index (χ3n) is 2.86. The van der Waals surface area contributed by atoms with E-state index in [2.05, 4.69) is 26.1 Å². The Morgan fingerprint density at radius 1 is 1.10 bits per heavy atom. The van der Waals surface area contributed by atoms with Gasteiger partial charge in [0.25, 0.3) is 5.89 Å². The Kier molecular flexibility index (Phi) is 3.89. The number of hydrogen-bond donors (Lipinski definition) is 1. The van der Waals surface area contributed by atoms with E-state index in [1.165, 1.54) is 0 Å². The molecule has 0 spiro atoms. The predicted molar refractivity (Wildman–Crippen MR) is 87.3 cm³/mol. The number of nitrogens with zero attached hydrogens (tertiary/aromatic N) is 2. The Morgan fingerprint density at radius 3 is 2.62 bits per heavy atom. The zero-order valence-electron chi connectivity index (χ0n) is 10.5. The van der Waals surface area contributed by atoms with Gasteiger partial charge in [0.1, 0.15) is 0 Å². The van der Waals surface area contributed by atoms with E-state index in [4.69, 9.17) is 33.5 Å². The third kappa shape index (κ3) is 2.77. The molecule has 1 aromatic heterocycles. The molecule has 106 valence electrons. The normalized spacial score (nSPS) is 10.8. The van der Waals surface area contributed by atoms with Gasteiger partial charge in [-0.25, -0.2) is 0 Å². The summed E-state index contributed by atoms with van der Waals surface area (Å²) in [5.41, 5.74) is 7.51. The van der Waals surface area contributed by atoms with Crippen LogP contribution in [-0.2, 0) is 0 Å². The number of anilines is 1. The number of rotatable bonds is 2. The monoisotopic (exact) mass is 383 g/mol. The van der Waals surface area contributed by atoms with Crippen molar-refractivity contribution >= 4 is 44.8 Å². The fraction of sp³-hybridized carbons (Fsp3) is 0. The summed E-state index contributed by atoms with van der Waals surface area (Å²) in [6.45, 7) is 0. The molecule has 7 heteroatoms. The molecule has 0 fully saturated rings. The molecule has 0 bridgehead atoms. The molecule has 2 N–H and O–H groups in total. The average molecular weight is 385 g/mol. The summed E-state index contributed by atoms with van der Waals surface area (Å²) in [4.78, 5) is 4.33. The summed E-state index contributed by atoms with van der Waals surface area (Å²) >= 11 is 15.5. The van der Waals surface area contributed by atoms with E-state index in [-0.39, 0.29) is 5.89 Å². The van der Waals surface area contributed by atoms with Gasteiger partial charge >= 0.3 is 0 Å². The van der Waals surface area contributed by atoms with Crippen molar-refractivity contribution in [3.63, 3.8) is 0 Å². The van der Waals surface area contributed by atoms with Crippen molar-refractivity contribution in [3.05, 3.63) is 50.9 Å². The van der Waals surface area contributed by atoms with Crippen LogP contribution in [0, 0.1) is 0 Å². The quantitative estimate of drug-likeness (QED) is 0.627. The molecule has 2 aromatic carbocycles. The van der Waals surface area contributed by atoms with Crippen LogP contribution in [0.4, 0.5) is 5.69 Å². The summed E-state index contributed by atoms with van der Waals surface area (Å²) < 4.78 is 6.18. The van der Waals surface area contributed by atoms with Gasteiger partial charge in [0.15, 0.2) is 0 Å². The molecule has 0 saturated heterocycles. The van der Waals surface area contributed by atoms with E-state index in [9.17, 15) is 0 Å². The highest BCUT2D eigenvalue weighted by atomic mass is 79.9. The molecular weight excluding hydrogens is 377 g/mol. The van der Waals surface area contributed by atoms with Crippen molar-refractivity contribution < 1.29 is 4.52 Å². The fourth-order valence-electron chi connectivity index (χ4n) is 1.85. The number of halogens is 3. The second-order valence-electron chi connectivity index (χ2n) is 4.25. The minimum absolute atomic E-state index is 0.231. The van der Waals surface area contributed by atoms with Gasteiger partial charge in [-0.05, 0) is 24.3 Å². The van der Waals surface area contributed by atoms with E-state index < -0.39 is 0 Å². The molecule has 0 saturated carbocycles. The van der Waals surface area contributed by atoms with Crippen LogP contribution in [0.1, 0.15) is 0 Å². The zero-order valence-corrected chi connectivity index (χ0v) is 13.6. The van der Waals surface area contributed by atoms with Crippen LogP contribution in [0.25, 0.3) is 22.8 Å². The van der Waals surface area contributed by atoms with Gasteiger partial charge in [0.05, 0.1) is 21.3 Å². The highest BCUT2D eigenvalue weighted by Crippen LogP contribution is 2.37. The second-order valence-corrected chi connectivity index (χ2v) is 5.98. The van der Waals surface area contributed by atoms with Crippen molar-refractivity contribution in [2.75, 3.05) is 5.73 Å². The molecule has 0 unspecified atom stereocenters. The maximum absolute atomic E-state index is 6.14. The first-order valence-corrected chi connectivity index (χ1v) is 7.44. The maximum Gasteiger partial charge on any atom is 0.261 e. The van der Waals surface area contributed by atoms with Crippen molar-refractivity contribution in [3.8, 4) is 22.8 Å². The first-order chi connectivity index (χ1) is 10.1. The summed E-state index contributed by atoms with van der Waals surface area (Å²) in [7, 11) is 0. The minimum atomic E-state index is 0.231. The Balaban J connectivity index is 2.09. The van der Waals surface area contributed by atoms with Crippen molar-refractivity contribution in [2.24, 2.45) is 0 Å². The lowest BCUT2D eigenvalue weighted by molar-refractivity contribution is 0.432. The highest BCUT2D eigenvalue weighted by molar-refractivity contribution is 9.10. The lowest BCUT2D eigenvalue weighted by atomic mass is 10.1. The summed E-state index contributed by atoms with van der Waals surface area (Å²) in [6.07, 6.45) is 0. The number of hydrogen-bond acceptors (Lipinski definition) is 4. The largest absolute Gasteiger partial charge is 0.397 e. The Morgan fingerprint density at radius 2 is 1.86 bits per heavy atom. The van der Waals surface area contributed by atoms with Crippen LogP contribution in [0.2, 0.25) is 10.0 Å². The standard InChI is InChI=1S/C14H8BrCl2N3O/c15-8-3-1-2-7(6-8)13-19-14(21-20-13)11-9(16)4-5-10(17)12(11)18/h1-6H,18H2.